The highest BCUT2D eigenvalue weighted by Gasteiger charge is 2.17. The Balaban J connectivity index is 2.94. The summed E-state index contributed by atoms with van der Waals surface area (Å²) in [6.45, 7) is 7.68. The molecule has 0 bridgehead atoms. The molecule has 98 valence electrons. The van der Waals surface area contributed by atoms with Gasteiger partial charge in [-0.3, -0.25) is 4.79 Å². The molecule has 0 amide bonds. The van der Waals surface area contributed by atoms with Crippen LogP contribution in [-0.2, 0) is 0 Å². The molecule has 2 unspecified atom stereocenters. The monoisotopic (exact) mass is 247 g/mol. The molecule has 1 heterocycles. The van der Waals surface area contributed by atoms with E-state index in [0.717, 1.165) is 12.1 Å². The Morgan fingerprint density at radius 2 is 2.17 bits per heavy atom. The molecule has 4 nitrogen and oxygen atoms in total. The Morgan fingerprint density at radius 1 is 1.50 bits per heavy atom. The van der Waals surface area contributed by atoms with E-state index >= 15 is 0 Å². The lowest BCUT2D eigenvalue weighted by molar-refractivity contribution is 0.444. The van der Waals surface area contributed by atoms with Gasteiger partial charge in [-0.15, -0.1) is 12.3 Å². The lowest BCUT2D eigenvalue weighted by Gasteiger charge is -2.21. The second-order valence-corrected chi connectivity index (χ2v) is 4.55. The minimum absolute atomic E-state index is 0.0554. The Kier molecular flexibility index (Phi) is 5.11. The third-order valence-corrected chi connectivity index (χ3v) is 3.04. The normalized spacial score (nSPS) is 13.9. The van der Waals surface area contributed by atoms with Crippen LogP contribution in [0.4, 0.5) is 0 Å². The number of hydrogen-bond acceptors (Lipinski definition) is 3. The number of aryl methyl sites for hydroxylation is 2. The molecule has 18 heavy (non-hydrogen) atoms. The molecule has 2 N–H and O–H groups in total. The van der Waals surface area contributed by atoms with Crippen molar-refractivity contribution in [1.82, 2.24) is 15.3 Å². The molecule has 0 aromatic carbocycles. The van der Waals surface area contributed by atoms with Crippen molar-refractivity contribution < 1.29 is 0 Å². The van der Waals surface area contributed by atoms with Crippen molar-refractivity contribution in [1.29, 1.82) is 0 Å². The maximum Gasteiger partial charge on any atom is 0.255 e. The molecule has 1 aromatic heterocycles. The van der Waals surface area contributed by atoms with E-state index in [1.807, 2.05) is 13.8 Å². The summed E-state index contributed by atoms with van der Waals surface area (Å²) >= 11 is 0. The summed E-state index contributed by atoms with van der Waals surface area (Å²) in [5, 5.41) is 3.38. The van der Waals surface area contributed by atoms with Crippen molar-refractivity contribution in [3.05, 3.63) is 27.4 Å². The van der Waals surface area contributed by atoms with E-state index in [1.165, 1.54) is 0 Å². The number of aromatic nitrogens is 2. The third kappa shape index (κ3) is 3.44. The molecule has 1 aromatic rings. The molecule has 0 saturated carbocycles. The van der Waals surface area contributed by atoms with Gasteiger partial charge in [-0.05, 0) is 27.2 Å². The first kappa shape index (κ1) is 14.5. The maximum atomic E-state index is 12.0. The first-order chi connectivity index (χ1) is 8.49. The van der Waals surface area contributed by atoms with Gasteiger partial charge in [0.1, 0.15) is 5.82 Å². The third-order valence-electron chi connectivity index (χ3n) is 3.04. The first-order valence-corrected chi connectivity index (χ1v) is 6.26. The van der Waals surface area contributed by atoms with Crippen molar-refractivity contribution in [2.75, 3.05) is 0 Å². The number of nitrogens with one attached hydrogen (secondary N) is 2. The second-order valence-electron chi connectivity index (χ2n) is 4.55. The van der Waals surface area contributed by atoms with Crippen LogP contribution in [0.25, 0.3) is 0 Å². The van der Waals surface area contributed by atoms with E-state index in [2.05, 4.69) is 28.1 Å². The lowest BCUT2D eigenvalue weighted by Crippen LogP contribution is -2.34. The van der Waals surface area contributed by atoms with Gasteiger partial charge < -0.3 is 10.3 Å². The van der Waals surface area contributed by atoms with Crippen molar-refractivity contribution in [2.45, 2.75) is 52.6 Å². The fraction of sp³-hybridized carbons (Fsp3) is 0.571. The number of nitrogens with zero attached hydrogens (tertiary/aromatic N) is 1. The second kappa shape index (κ2) is 6.36. The molecule has 0 saturated heterocycles. The Hall–Kier alpha value is -1.60. The van der Waals surface area contributed by atoms with Crippen LogP contribution >= 0.6 is 0 Å². The average Bonchev–Trinajstić information content (AvgIpc) is 2.26. The lowest BCUT2D eigenvalue weighted by atomic mass is 10.1. The topological polar surface area (TPSA) is 57.8 Å². The molecule has 0 spiro atoms. The van der Waals surface area contributed by atoms with Crippen LogP contribution in [0.3, 0.4) is 0 Å². The minimum atomic E-state index is -0.0736. The molecular formula is C14H21N3O. The number of rotatable bonds is 5. The first-order valence-electron chi connectivity index (χ1n) is 6.26. The summed E-state index contributed by atoms with van der Waals surface area (Å²) in [6.07, 6.45) is 6.93. The SMILES string of the molecule is C#CCC(CC)NC(C)c1c(C)nc(C)[nH]c1=O. The van der Waals surface area contributed by atoms with Crippen molar-refractivity contribution in [3.8, 4) is 12.3 Å². The van der Waals surface area contributed by atoms with Crippen molar-refractivity contribution in [2.24, 2.45) is 0 Å². The Labute approximate surface area is 108 Å². The summed E-state index contributed by atoms with van der Waals surface area (Å²) in [7, 11) is 0. The smallest absolute Gasteiger partial charge is 0.255 e. The zero-order valence-corrected chi connectivity index (χ0v) is 11.5. The summed E-state index contributed by atoms with van der Waals surface area (Å²) in [6, 6.07) is 0.172. The van der Waals surface area contributed by atoms with Gasteiger partial charge in [0, 0.05) is 24.2 Å². The molecular weight excluding hydrogens is 226 g/mol. The number of hydrogen-bond donors (Lipinski definition) is 2. The van der Waals surface area contributed by atoms with Gasteiger partial charge in [0.15, 0.2) is 0 Å². The van der Waals surface area contributed by atoms with Crippen LogP contribution in [0.2, 0.25) is 0 Å². The molecule has 0 radical (unpaired) electrons. The van der Waals surface area contributed by atoms with Gasteiger partial charge in [-0.1, -0.05) is 6.92 Å². The van der Waals surface area contributed by atoms with Crippen LogP contribution < -0.4 is 10.9 Å². The molecule has 0 fully saturated rings. The highest BCUT2D eigenvalue weighted by Crippen LogP contribution is 2.13. The molecule has 2 atom stereocenters. The van der Waals surface area contributed by atoms with E-state index in [4.69, 9.17) is 6.42 Å². The predicted molar refractivity (Wildman–Crippen MR) is 73.4 cm³/mol. The zero-order valence-electron chi connectivity index (χ0n) is 11.5. The Bertz CT molecular complexity index is 499. The Morgan fingerprint density at radius 3 is 2.67 bits per heavy atom. The standard InChI is InChI=1S/C14H21N3O/c1-6-8-12(7-2)16-10(4)13-9(3)15-11(5)17-14(13)18/h1,10,12,16H,7-8H2,2-5H3,(H,15,17,18). The summed E-state index contributed by atoms with van der Waals surface area (Å²) in [4.78, 5) is 19.0. The van der Waals surface area contributed by atoms with Gasteiger partial charge in [0.25, 0.3) is 5.56 Å². The number of H-pyrrole nitrogens is 1. The van der Waals surface area contributed by atoms with Gasteiger partial charge in [0.05, 0.1) is 5.56 Å². The zero-order chi connectivity index (χ0) is 13.7. The molecule has 0 aliphatic heterocycles. The quantitative estimate of drug-likeness (QED) is 0.781. The number of terminal acetylenes is 1. The van der Waals surface area contributed by atoms with Crippen LogP contribution in [0.5, 0.6) is 0 Å². The van der Waals surface area contributed by atoms with E-state index in [9.17, 15) is 4.79 Å². The highest BCUT2D eigenvalue weighted by molar-refractivity contribution is 5.20. The van der Waals surface area contributed by atoms with Gasteiger partial charge in [0.2, 0.25) is 0 Å². The van der Waals surface area contributed by atoms with Crippen LogP contribution in [0, 0.1) is 26.2 Å². The summed E-state index contributed by atoms with van der Waals surface area (Å²) in [5.41, 5.74) is 1.39. The van der Waals surface area contributed by atoms with E-state index in [0.29, 0.717) is 17.8 Å². The summed E-state index contributed by atoms with van der Waals surface area (Å²) in [5.74, 6) is 3.29. The molecule has 4 heteroatoms. The molecule has 0 aliphatic rings. The van der Waals surface area contributed by atoms with Gasteiger partial charge in [-0.2, -0.15) is 0 Å². The average molecular weight is 247 g/mol. The van der Waals surface area contributed by atoms with Crippen LogP contribution in [0.1, 0.15) is 49.8 Å². The number of aromatic amines is 1. The minimum Gasteiger partial charge on any atom is -0.310 e. The van der Waals surface area contributed by atoms with Crippen molar-refractivity contribution >= 4 is 0 Å². The van der Waals surface area contributed by atoms with E-state index < -0.39 is 0 Å². The summed E-state index contributed by atoms with van der Waals surface area (Å²) < 4.78 is 0. The van der Waals surface area contributed by atoms with Crippen LogP contribution in [0.15, 0.2) is 4.79 Å². The van der Waals surface area contributed by atoms with Gasteiger partial charge in [-0.25, -0.2) is 4.98 Å². The van der Waals surface area contributed by atoms with Gasteiger partial charge >= 0.3 is 0 Å². The van der Waals surface area contributed by atoms with Crippen LogP contribution in [-0.4, -0.2) is 16.0 Å². The van der Waals surface area contributed by atoms with E-state index in [1.54, 1.807) is 6.92 Å². The highest BCUT2D eigenvalue weighted by atomic mass is 16.1. The predicted octanol–water partition coefficient (Wildman–Crippen LogP) is 1.84. The van der Waals surface area contributed by atoms with E-state index in [-0.39, 0.29) is 17.6 Å². The fourth-order valence-electron chi connectivity index (χ4n) is 2.15. The fourth-order valence-corrected chi connectivity index (χ4v) is 2.15. The molecule has 1 rings (SSSR count). The molecule has 0 aliphatic carbocycles. The largest absolute Gasteiger partial charge is 0.310 e. The maximum absolute atomic E-state index is 12.0. The van der Waals surface area contributed by atoms with Crippen molar-refractivity contribution in [3.63, 3.8) is 0 Å².